The van der Waals surface area contributed by atoms with Crippen molar-refractivity contribution < 1.29 is 9.47 Å². The third-order valence-electron chi connectivity index (χ3n) is 5.39. The lowest BCUT2D eigenvalue weighted by molar-refractivity contribution is 0.413. The zero-order chi connectivity index (χ0) is 22.8. The first-order valence-corrected chi connectivity index (χ1v) is 12.3. The van der Waals surface area contributed by atoms with Crippen molar-refractivity contribution in [2.75, 3.05) is 12.0 Å². The molecular weight excluding hydrogens is 518 g/mol. The Labute approximate surface area is 210 Å². The van der Waals surface area contributed by atoms with Gasteiger partial charge in [-0.05, 0) is 101 Å². The fraction of sp³-hybridized carbons (Fsp3) is 0.120. The van der Waals surface area contributed by atoms with Crippen LogP contribution in [0.5, 0.6) is 17.2 Å². The molecule has 33 heavy (non-hydrogen) atoms. The molecule has 0 bridgehead atoms. The van der Waals surface area contributed by atoms with Crippen LogP contribution in [0.2, 0.25) is 0 Å². The van der Waals surface area contributed by atoms with Gasteiger partial charge in [0.15, 0.2) is 5.11 Å². The van der Waals surface area contributed by atoms with E-state index in [1.165, 1.54) is 4.88 Å². The summed E-state index contributed by atoms with van der Waals surface area (Å²) < 4.78 is 12.3. The van der Waals surface area contributed by atoms with E-state index in [0.29, 0.717) is 5.11 Å². The average molecular weight is 538 g/mol. The summed E-state index contributed by atoms with van der Waals surface area (Å²) in [4.78, 5) is 7.95. The van der Waals surface area contributed by atoms with Crippen molar-refractivity contribution in [2.24, 2.45) is 0 Å². The molecule has 0 radical (unpaired) electrons. The van der Waals surface area contributed by atoms with Gasteiger partial charge in [-0.15, -0.1) is 11.3 Å². The molecule has 0 amide bonds. The van der Waals surface area contributed by atoms with Crippen LogP contribution in [0.25, 0.3) is 0 Å². The molecule has 166 valence electrons. The molecule has 8 heteroatoms. The molecule has 2 atom stereocenters. The Bertz CT molecular complexity index is 1250. The van der Waals surface area contributed by atoms with Crippen LogP contribution in [0.4, 0.5) is 5.69 Å². The molecule has 1 saturated heterocycles. The topological polar surface area (TPSA) is 46.6 Å². The second-order valence-corrected chi connectivity index (χ2v) is 10.3. The van der Waals surface area contributed by atoms with Crippen molar-refractivity contribution in [1.29, 1.82) is 0 Å². The van der Waals surface area contributed by atoms with Gasteiger partial charge in [-0.25, -0.2) is 0 Å². The van der Waals surface area contributed by atoms with Crippen molar-refractivity contribution in [3.05, 3.63) is 99.4 Å². The third-order valence-corrected chi connectivity index (χ3v) is 7.40. The predicted molar refractivity (Wildman–Crippen MR) is 139 cm³/mol. The zero-order valence-corrected chi connectivity index (χ0v) is 20.9. The summed E-state index contributed by atoms with van der Waals surface area (Å²) >= 11 is 11.1. The predicted octanol–water partition coefficient (Wildman–Crippen LogP) is 6.88. The van der Waals surface area contributed by atoms with Gasteiger partial charge in [0.25, 0.3) is 0 Å². The molecule has 5 nitrogen and oxygen atoms in total. The molecule has 1 aliphatic heterocycles. The number of hydrogen-bond acceptors (Lipinski definition) is 5. The van der Waals surface area contributed by atoms with E-state index in [1.807, 2.05) is 72.9 Å². The molecule has 5 rings (SSSR count). The van der Waals surface area contributed by atoms with Crippen LogP contribution >= 0.6 is 39.5 Å². The van der Waals surface area contributed by atoms with Crippen LogP contribution in [0, 0.1) is 0 Å². The Morgan fingerprint density at radius 1 is 0.939 bits per heavy atom. The lowest BCUT2D eigenvalue weighted by atomic mass is 10.0. The van der Waals surface area contributed by atoms with E-state index < -0.39 is 0 Å². The summed E-state index contributed by atoms with van der Waals surface area (Å²) in [6.07, 6.45) is 1.81. The first-order chi connectivity index (χ1) is 16.1. The molecule has 1 aliphatic rings. The highest BCUT2D eigenvalue weighted by atomic mass is 79.9. The molecule has 2 unspecified atom stereocenters. The molecule has 4 aromatic rings. The highest BCUT2D eigenvalue weighted by Gasteiger charge is 2.41. The van der Waals surface area contributed by atoms with Gasteiger partial charge >= 0.3 is 0 Å². The molecular formula is C25H20BrN3O2S2. The lowest BCUT2D eigenvalue weighted by Gasteiger charge is -2.27. The lowest BCUT2D eigenvalue weighted by Crippen LogP contribution is -2.28. The fourth-order valence-corrected chi connectivity index (χ4v) is 5.76. The largest absolute Gasteiger partial charge is 0.497 e. The summed E-state index contributed by atoms with van der Waals surface area (Å²) in [6, 6.07) is 25.6. The number of pyridine rings is 1. The number of anilines is 1. The van der Waals surface area contributed by atoms with Gasteiger partial charge in [0.1, 0.15) is 17.2 Å². The quantitative estimate of drug-likeness (QED) is 0.270. The van der Waals surface area contributed by atoms with Gasteiger partial charge in [-0.1, -0.05) is 6.07 Å². The van der Waals surface area contributed by atoms with E-state index in [4.69, 9.17) is 21.7 Å². The molecule has 3 heterocycles. The molecule has 1 fully saturated rings. The summed E-state index contributed by atoms with van der Waals surface area (Å²) in [5, 5.41) is 4.16. The Kier molecular flexibility index (Phi) is 6.30. The van der Waals surface area contributed by atoms with Gasteiger partial charge in [0.05, 0.1) is 28.7 Å². The smallest absolute Gasteiger partial charge is 0.174 e. The number of nitrogens with zero attached hydrogens (tertiary/aromatic N) is 2. The number of aromatic nitrogens is 1. The van der Waals surface area contributed by atoms with Crippen molar-refractivity contribution >= 4 is 50.3 Å². The monoisotopic (exact) mass is 537 g/mol. The minimum Gasteiger partial charge on any atom is -0.497 e. The Balaban J connectivity index is 1.44. The first kappa shape index (κ1) is 21.9. The van der Waals surface area contributed by atoms with E-state index >= 15 is 0 Å². The maximum absolute atomic E-state index is 5.99. The van der Waals surface area contributed by atoms with Crippen LogP contribution in [0.3, 0.4) is 0 Å². The molecule has 2 aromatic heterocycles. The number of methoxy groups -OCH3 is 1. The number of benzene rings is 2. The normalized spacial score (nSPS) is 17.6. The Morgan fingerprint density at radius 3 is 2.24 bits per heavy atom. The van der Waals surface area contributed by atoms with Crippen LogP contribution < -0.4 is 19.7 Å². The van der Waals surface area contributed by atoms with Gasteiger partial charge in [0, 0.05) is 16.8 Å². The second-order valence-electron chi connectivity index (χ2n) is 7.41. The van der Waals surface area contributed by atoms with Gasteiger partial charge < -0.3 is 19.7 Å². The van der Waals surface area contributed by atoms with E-state index in [0.717, 1.165) is 32.4 Å². The number of ether oxygens (including phenoxy) is 2. The summed E-state index contributed by atoms with van der Waals surface area (Å²) in [6.45, 7) is 0. The number of thiocarbonyl (C=S) groups is 1. The Morgan fingerprint density at radius 2 is 1.64 bits per heavy atom. The minimum atomic E-state index is -0.0560. The van der Waals surface area contributed by atoms with Gasteiger partial charge in [-0.2, -0.15) is 0 Å². The molecule has 0 aliphatic carbocycles. The number of nitrogens with one attached hydrogen (secondary N) is 1. The maximum atomic E-state index is 5.99. The minimum absolute atomic E-state index is 0.0166. The summed E-state index contributed by atoms with van der Waals surface area (Å²) in [5.74, 6) is 2.29. The van der Waals surface area contributed by atoms with Crippen molar-refractivity contribution in [3.63, 3.8) is 0 Å². The van der Waals surface area contributed by atoms with Crippen molar-refractivity contribution in [1.82, 2.24) is 10.3 Å². The average Bonchev–Trinajstić information content (AvgIpc) is 3.43. The van der Waals surface area contributed by atoms with Crippen LogP contribution in [-0.2, 0) is 0 Å². The fourth-order valence-electron chi connectivity index (χ4n) is 3.86. The first-order valence-electron chi connectivity index (χ1n) is 10.3. The highest BCUT2D eigenvalue weighted by Crippen LogP contribution is 2.44. The molecule has 0 spiro atoms. The molecule has 1 N–H and O–H groups in total. The third kappa shape index (κ3) is 4.59. The van der Waals surface area contributed by atoms with Gasteiger partial charge in [-0.3, -0.25) is 4.98 Å². The number of halogens is 1. The van der Waals surface area contributed by atoms with Crippen molar-refractivity contribution in [3.8, 4) is 17.2 Å². The van der Waals surface area contributed by atoms with Crippen LogP contribution in [0.1, 0.15) is 22.7 Å². The summed E-state index contributed by atoms with van der Waals surface area (Å²) in [7, 11) is 1.65. The molecule has 0 saturated carbocycles. The van der Waals surface area contributed by atoms with E-state index in [1.54, 1.807) is 18.4 Å². The Hall–Kier alpha value is -2.94. The SMILES string of the molecule is COc1ccc(Oc2ccc(N3C(=S)NC(c4ccccn4)C3c3ccc(Br)s3)cc2)cc1. The van der Waals surface area contributed by atoms with Crippen LogP contribution in [-0.4, -0.2) is 17.2 Å². The highest BCUT2D eigenvalue weighted by molar-refractivity contribution is 9.11. The maximum Gasteiger partial charge on any atom is 0.174 e. The number of rotatable bonds is 6. The van der Waals surface area contributed by atoms with Gasteiger partial charge in [0.2, 0.25) is 0 Å². The molecule has 2 aromatic carbocycles. The van der Waals surface area contributed by atoms with E-state index in [-0.39, 0.29) is 12.1 Å². The number of hydrogen-bond donors (Lipinski definition) is 1. The number of thiophene rings is 1. The summed E-state index contributed by atoms with van der Waals surface area (Å²) in [5.41, 5.74) is 1.94. The van der Waals surface area contributed by atoms with E-state index in [9.17, 15) is 0 Å². The standard InChI is InChI=1S/C25H20BrN3O2S2/c1-30-17-9-11-19(12-10-17)31-18-7-5-16(6-8-18)29-24(21-13-14-22(26)33-21)23(28-25(29)32)20-4-2-3-15-27-20/h2-15,23-24H,1H3,(H,28,32). The van der Waals surface area contributed by atoms with Crippen LogP contribution in [0.15, 0.2) is 88.8 Å². The van der Waals surface area contributed by atoms with E-state index in [2.05, 4.69) is 43.3 Å². The second kappa shape index (κ2) is 9.51. The van der Waals surface area contributed by atoms with Crippen molar-refractivity contribution in [2.45, 2.75) is 12.1 Å². The zero-order valence-electron chi connectivity index (χ0n) is 17.6.